The normalized spacial score (nSPS) is 11.0. The van der Waals surface area contributed by atoms with Crippen LogP contribution in [0.15, 0.2) is 64.6 Å². The molecule has 0 atom stereocenters. The molecular formula is C21H14Cl2N2O3. The van der Waals surface area contributed by atoms with Gasteiger partial charge in [-0.1, -0.05) is 29.3 Å². The van der Waals surface area contributed by atoms with E-state index in [1.807, 2.05) is 6.07 Å². The van der Waals surface area contributed by atoms with Crippen molar-refractivity contribution < 1.29 is 13.9 Å². The van der Waals surface area contributed by atoms with Crippen LogP contribution in [0.25, 0.3) is 17.4 Å². The van der Waals surface area contributed by atoms with E-state index in [1.54, 1.807) is 61.7 Å². The Kier molecular flexibility index (Phi) is 6.05. The van der Waals surface area contributed by atoms with Gasteiger partial charge in [0, 0.05) is 17.3 Å². The van der Waals surface area contributed by atoms with Gasteiger partial charge in [0.25, 0.3) is 5.91 Å². The van der Waals surface area contributed by atoms with Gasteiger partial charge in [-0.25, -0.2) is 0 Å². The maximum atomic E-state index is 12.4. The fourth-order valence-corrected chi connectivity index (χ4v) is 2.83. The van der Waals surface area contributed by atoms with E-state index >= 15 is 0 Å². The third-order valence-electron chi connectivity index (χ3n) is 3.84. The van der Waals surface area contributed by atoms with Crippen LogP contribution >= 0.6 is 23.2 Å². The maximum absolute atomic E-state index is 12.4. The number of nitrogens with zero attached hydrogens (tertiary/aromatic N) is 1. The Labute approximate surface area is 171 Å². The number of carbonyl (C=O) groups excluding carboxylic acids is 1. The number of rotatable bonds is 5. The molecule has 1 heterocycles. The number of nitriles is 1. The second-order valence-electron chi connectivity index (χ2n) is 5.66. The first-order valence-electron chi connectivity index (χ1n) is 8.13. The van der Waals surface area contributed by atoms with Gasteiger partial charge in [0.05, 0.1) is 17.2 Å². The van der Waals surface area contributed by atoms with Crippen LogP contribution in [0.1, 0.15) is 5.76 Å². The molecular weight excluding hydrogens is 399 g/mol. The van der Waals surface area contributed by atoms with Crippen LogP contribution in [0.3, 0.4) is 0 Å². The zero-order valence-corrected chi connectivity index (χ0v) is 16.2. The number of halogens is 2. The summed E-state index contributed by atoms with van der Waals surface area (Å²) in [5.74, 6) is 0.933. The first-order chi connectivity index (χ1) is 13.5. The average molecular weight is 413 g/mol. The zero-order valence-electron chi connectivity index (χ0n) is 14.7. The summed E-state index contributed by atoms with van der Waals surface area (Å²) in [5, 5.41) is 12.8. The van der Waals surface area contributed by atoms with E-state index in [2.05, 4.69) is 5.32 Å². The minimum absolute atomic E-state index is 0.103. The highest BCUT2D eigenvalue weighted by Gasteiger charge is 2.13. The van der Waals surface area contributed by atoms with Crippen molar-refractivity contribution in [3.05, 3.63) is 76.0 Å². The number of carbonyl (C=O) groups is 1. The number of benzene rings is 2. The molecule has 0 aliphatic carbocycles. The van der Waals surface area contributed by atoms with E-state index in [4.69, 9.17) is 32.4 Å². The van der Waals surface area contributed by atoms with Gasteiger partial charge in [-0.3, -0.25) is 4.79 Å². The lowest BCUT2D eigenvalue weighted by molar-refractivity contribution is -0.112. The number of hydrogen-bond donors (Lipinski definition) is 1. The van der Waals surface area contributed by atoms with Crippen molar-refractivity contribution in [2.45, 2.75) is 0 Å². The van der Waals surface area contributed by atoms with Crippen LogP contribution in [0, 0.1) is 11.3 Å². The van der Waals surface area contributed by atoms with Gasteiger partial charge < -0.3 is 14.5 Å². The first kappa shape index (κ1) is 19.6. The third-order valence-corrected chi connectivity index (χ3v) is 4.66. The summed E-state index contributed by atoms with van der Waals surface area (Å²) in [6.07, 6.45) is 1.36. The number of amides is 1. The highest BCUT2D eigenvalue weighted by atomic mass is 35.5. The second kappa shape index (κ2) is 8.66. The van der Waals surface area contributed by atoms with E-state index in [0.29, 0.717) is 38.6 Å². The summed E-state index contributed by atoms with van der Waals surface area (Å²) in [6, 6.07) is 17.2. The van der Waals surface area contributed by atoms with Gasteiger partial charge in [0.2, 0.25) is 0 Å². The molecule has 3 rings (SSSR count). The highest BCUT2D eigenvalue weighted by Crippen LogP contribution is 2.34. The van der Waals surface area contributed by atoms with Crippen molar-refractivity contribution in [3.8, 4) is 23.1 Å². The summed E-state index contributed by atoms with van der Waals surface area (Å²) in [4.78, 5) is 12.4. The molecule has 0 fully saturated rings. The Bertz CT molecular complexity index is 1080. The average Bonchev–Trinajstić information content (AvgIpc) is 3.17. The number of ether oxygens (including phenoxy) is 1. The Hall–Kier alpha value is -3.20. The molecule has 1 aromatic heterocycles. The van der Waals surface area contributed by atoms with E-state index < -0.39 is 5.91 Å². The number of nitrogens with one attached hydrogen (secondary N) is 1. The lowest BCUT2D eigenvalue weighted by atomic mass is 10.2. The van der Waals surface area contributed by atoms with Gasteiger partial charge in [-0.15, -0.1) is 0 Å². The molecule has 0 aliphatic rings. The smallest absolute Gasteiger partial charge is 0.266 e. The molecule has 7 heteroatoms. The molecule has 0 saturated carbocycles. The van der Waals surface area contributed by atoms with E-state index in [0.717, 1.165) is 0 Å². The number of furan rings is 1. The largest absolute Gasteiger partial charge is 0.497 e. The minimum atomic E-state index is -0.550. The molecule has 0 unspecified atom stereocenters. The van der Waals surface area contributed by atoms with Crippen molar-refractivity contribution in [2.75, 3.05) is 12.4 Å². The lowest BCUT2D eigenvalue weighted by Gasteiger charge is -2.05. The molecule has 0 radical (unpaired) electrons. The van der Waals surface area contributed by atoms with E-state index in [-0.39, 0.29) is 5.57 Å². The van der Waals surface area contributed by atoms with Gasteiger partial charge in [-0.05, 0) is 48.5 Å². The summed E-state index contributed by atoms with van der Waals surface area (Å²) in [6.45, 7) is 0. The van der Waals surface area contributed by atoms with Crippen LogP contribution in [0.5, 0.6) is 5.75 Å². The summed E-state index contributed by atoms with van der Waals surface area (Å²) < 4.78 is 10.8. The van der Waals surface area contributed by atoms with Crippen LogP contribution in [-0.4, -0.2) is 13.0 Å². The van der Waals surface area contributed by atoms with Crippen molar-refractivity contribution in [2.24, 2.45) is 0 Å². The molecule has 0 aliphatic heterocycles. The van der Waals surface area contributed by atoms with Crippen molar-refractivity contribution in [1.29, 1.82) is 5.26 Å². The van der Waals surface area contributed by atoms with Crippen molar-refractivity contribution in [3.63, 3.8) is 0 Å². The number of hydrogen-bond acceptors (Lipinski definition) is 4. The molecule has 1 amide bonds. The van der Waals surface area contributed by atoms with Crippen LogP contribution in [0.2, 0.25) is 10.0 Å². The minimum Gasteiger partial charge on any atom is -0.497 e. The van der Waals surface area contributed by atoms with Gasteiger partial charge in [0.1, 0.15) is 28.9 Å². The van der Waals surface area contributed by atoms with Crippen LogP contribution in [-0.2, 0) is 4.79 Å². The van der Waals surface area contributed by atoms with Crippen molar-refractivity contribution >= 4 is 40.9 Å². The Balaban J connectivity index is 1.80. The Morgan fingerprint density at radius 3 is 2.57 bits per heavy atom. The standard InChI is InChI=1S/C21H14Cl2N2O3/c1-27-15-7-5-14(6-8-15)25-21(26)13(12-24)11-16-9-10-19(28-16)17-3-2-4-18(22)20(17)23/h2-11H,1H3,(H,25,26). The van der Waals surface area contributed by atoms with Gasteiger partial charge in [0.15, 0.2) is 0 Å². The van der Waals surface area contributed by atoms with Gasteiger partial charge in [-0.2, -0.15) is 5.26 Å². The van der Waals surface area contributed by atoms with E-state index in [1.165, 1.54) is 6.08 Å². The van der Waals surface area contributed by atoms with Gasteiger partial charge >= 0.3 is 0 Å². The lowest BCUT2D eigenvalue weighted by Crippen LogP contribution is -2.13. The molecule has 0 spiro atoms. The predicted molar refractivity (Wildman–Crippen MR) is 109 cm³/mol. The third kappa shape index (κ3) is 4.37. The predicted octanol–water partition coefficient (Wildman–Crippen LogP) is 5.81. The maximum Gasteiger partial charge on any atom is 0.266 e. The quantitative estimate of drug-likeness (QED) is 0.423. The molecule has 5 nitrogen and oxygen atoms in total. The molecule has 1 N–H and O–H groups in total. The van der Waals surface area contributed by atoms with Crippen molar-refractivity contribution in [1.82, 2.24) is 0 Å². The summed E-state index contributed by atoms with van der Waals surface area (Å²) in [7, 11) is 1.55. The summed E-state index contributed by atoms with van der Waals surface area (Å²) in [5.41, 5.74) is 1.06. The molecule has 0 saturated heterocycles. The monoisotopic (exact) mass is 412 g/mol. The molecule has 0 bridgehead atoms. The number of anilines is 1. The molecule has 3 aromatic rings. The first-order valence-corrected chi connectivity index (χ1v) is 8.89. The molecule has 2 aromatic carbocycles. The SMILES string of the molecule is COc1ccc(NC(=O)C(C#N)=Cc2ccc(-c3cccc(Cl)c3Cl)o2)cc1. The fraction of sp³-hybridized carbons (Fsp3) is 0.0476. The highest BCUT2D eigenvalue weighted by molar-refractivity contribution is 6.43. The second-order valence-corrected chi connectivity index (χ2v) is 6.44. The topological polar surface area (TPSA) is 75.3 Å². The summed E-state index contributed by atoms with van der Waals surface area (Å²) >= 11 is 12.2. The molecule has 28 heavy (non-hydrogen) atoms. The van der Waals surface area contributed by atoms with Crippen LogP contribution in [0.4, 0.5) is 5.69 Å². The Morgan fingerprint density at radius 1 is 1.14 bits per heavy atom. The van der Waals surface area contributed by atoms with E-state index in [9.17, 15) is 10.1 Å². The molecule has 140 valence electrons. The number of methoxy groups -OCH3 is 1. The zero-order chi connectivity index (χ0) is 20.1. The van der Waals surface area contributed by atoms with Crippen LogP contribution < -0.4 is 10.1 Å². The Morgan fingerprint density at radius 2 is 1.89 bits per heavy atom. The fourth-order valence-electron chi connectivity index (χ4n) is 2.43.